The second-order valence-electron chi connectivity index (χ2n) is 5.36. The van der Waals surface area contributed by atoms with Gasteiger partial charge in [-0.3, -0.25) is 9.69 Å². The van der Waals surface area contributed by atoms with Gasteiger partial charge in [0.1, 0.15) is 9.20 Å². The Hall–Kier alpha value is -2.42. The van der Waals surface area contributed by atoms with Gasteiger partial charge in [0.05, 0.1) is 12.0 Å². The van der Waals surface area contributed by atoms with E-state index in [2.05, 4.69) is 6.58 Å². The van der Waals surface area contributed by atoms with Gasteiger partial charge in [0.2, 0.25) is 0 Å². The zero-order valence-electron chi connectivity index (χ0n) is 14.3. The largest absolute Gasteiger partial charge is 0.493 e. The Morgan fingerprint density at radius 2 is 2.15 bits per heavy atom. The van der Waals surface area contributed by atoms with Gasteiger partial charge in [-0.25, -0.2) is 4.79 Å². The summed E-state index contributed by atoms with van der Waals surface area (Å²) in [5, 5.41) is 1.81. The van der Waals surface area contributed by atoms with Crippen LogP contribution >= 0.6 is 35.3 Å². The highest BCUT2D eigenvalue weighted by Crippen LogP contribution is 2.35. The number of nitrogens with zero attached hydrogens (tertiary/aromatic N) is 1. The SMILES string of the molecule is C=CCN1C(=O)/C(=C/c2ccc(OC(=O)c3cccs3)c(OC)c2)SC1=S. The minimum Gasteiger partial charge on any atom is -0.493 e. The lowest BCUT2D eigenvalue weighted by Crippen LogP contribution is -2.27. The standard InChI is InChI=1S/C19H15NO4S3/c1-3-8-20-17(21)16(27-19(20)25)11-12-6-7-13(14(10-12)23-2)24-18(22)15-5-4-9-26-15/h3-7,9-11H,1,8H2,2H3/b16-11-. The molecule has 1 saturated heterocycles. The molecule has 138 valence electrons. The normalized spacial score (nSPS) is 15.3. The topological polar surface area (TPSA) is 55.8 Å². The van der Waals surface area contributed by atoms with Gasteiger partial charge in [-0.1, -0.05) is 42.2 Å². The number of hydrogen-bond donors (Lipinski definition) is 0. The summed E-state index contributed by atoms with van der Waals surface area (Å²) in [5.74, 6) is 0.112. The monoisotopic (exact) mass is 417 g/mol. The van der Waals surface area contributed by atoms with Crippen LogP contribution in [0.4, 0.5) is 0 Å². The zero-order chi connectivity index (χ0) is 19.4. The zero-order valence-corrected chi connectivity index (χ0v) is 16.8. The molecule has 0 saturated carbocycles. The summed E-state index contributed by atoms with van der Waals surface area (Å²) in [6.07, 6.45) is 3.36. The number of carbonyl (C=O) groups excluding carboxylic acids is 2. The molecule has 1 aromatic heterocycles. The molecule has 0 N–H and O–H groups in total. The van der Waals surface area contributed by atoms with Gasteiger partial charge in [0, 0.05) is 6.54 Å². The highest BCUT2D eigenvalue weighted by atomic mass is 32.2. The van der Waals surface area contributed by atoms with Crippen molar-refractivity contribution in [1.29, 1.82) is 0 Å². The number of thiocarbonyl (C=S) groups is 1. The fraction of sp³-hybridized carbons (Fsp3) is 0.105. The summed E-state index contributed by atoms with van der Waals surface area (Å²) in [7, 11) is 1.49. The number of thioether (sulfide) groups is 1. The first-order valence-electron chi connectivity index (χ1n) is 7.83. The maximum Gasteiger partial charge on any atom is 0.353 e. The predicted molar refractivity (Wildman–Crippen MR) is 112 cm³/mol. The molecule has 2 heterocycles. The van der Waals surface area contributed by atoms with Crippen molar-refractivity contribution in [3.8, 4) is 11.5 Å². The molecule has 0 atom stereocenters. The molecule has 1 aliphatic rings. The molecule has 3 rings (SSSR count). The maximum atomic E-state index is 12.4. The number of thiophene rings is 1. The van der Waals surface area contributed by atoms with Crippen LogP contribution in [0.25, 0.3) is 6.08 Å². The third kappa shape index (κ3) is 4.29. The Bertz CT molecular complexity index is 934. The van der Waals surface area contributed by atoms with E-state index in [1.165, 1.54) is 35.1 Å². The highest BCUT2D eigenvalue weighted by molar-refractivity contribution is 8.26. The molecule has 0 aliphatic carbocycles. The first-order valence-corrected chi connectivity index (χ1v) is 9.94. The molecule has 5 nitrogen and oxygen atoms in total. The lowest BCUT2D eigenvalue weighted by Gasteiger charge is -2.10. The number of ether oxygens (including phenoxy) is 2. The average Bonchev–Trinajstić information content (AvgIpc) is 3.28. The predicted octanol–water partition coefficient (Wildman–Crippen LogP) is 4.36. The third-order valence-electron chi connectivity index (χ3n) is 3.60. The Kier molecular flexibility index (Phi) is 6.10. The van der Waals surface area contributed by atoms with Gasteiger partial charge in [-0.2, -0.15) is 0 Å². The molecule has 1 aromatic carbocycles. The van der Waals surface area contributed by atoms with Gasteiger partial charge >= 0.3 is 5.97 Å². The average molecular weight is 418 g/mol. The second-order valence-corrected chi connectivity index (χ2v) is 7.98. The number of carbonyl (C=O) groups is 2. The van der Waals surface area contributed by atoms with E-state index >= 15 is 0 Å². The summed E-state index contributed by atoms with van der Waals surface area (Å²) in [4.78, 5) is 27.1. The lowest BCUT2D eigenvalue weighted by atomic mass is 10.2. The Morgan fingerprint density at radius 1 is 1.33 bits per heavy atom. The van der Waals surface area contributed by atoms with E-state index in [1.54, 1.807) is 47.9 Å². The minimum atomic E-state index is -0.443. The molecule has 0 radical (unpaired) electrons. The molecular formula is C19H15NO4S3. The van der Waals surface area contributed by atoms with E-state index < -0.39 is 5.97 Å². The minimum absolute atomic E-state index is 0.155. The molecule has 1 amide bonds. The molecule has 0 spiro atoms. The fourth-order valence-electron chi connectivity index (χ4n) is 2.34. The molecule has 0 unspecified atom stereocenters. The van der Waals surface area contributed by atoms with Crippen molar-refractivity contribution < 1.29 is 19.1 Å². The van der Waals surface area contributed by atoms with E-state index in [-0.39, 0.29) is 5.91 Å². The summed E-state index contributed by atoms with van der Waals surface area (Å²) in [6, 6.07) is 8.57. The number of benzene rings is 1. The third-order valence-corrected chi connectivity index (χ3v) is 5.82. The van der Waals surface area contributed by atoms with Crippen LogP contribution in [0.15, 0.2) is 53.3 Å². The molecule has 1 fully saturated rings. The van der Waals surface area contributed by atoms with Crippen molar-refractivity contribution in [2.75, 3.05) is 13.7 Å². The van der Waals surface area contributed by atoms with Crippen molar-refractivity contribution in [3.63, 3.8) is 0 Å². The van der Waals surface area contributed by atoms with Gasteiger partial charge in [0.15, 0.2) is 11.5 Å². The fourth-order valence-corrected chi connectivity index (χ4v) is 4.21. The maximum absolute atomic E-state index is 12.4. The van der Waals surface area contributed by atoms with Crippen molar-refractivity contribution in [2.24, 2.45) is 0 Å². The molecule has 2 aromatic rings. The van der Waals surface area contributed by atoms with Gasteiger partial charge in [0.25, 0.3) is 5.91 Å². The van der Waals surface area contributed by atoms with E-state index in [0.29, 0.717) is 32.1 Å². The van der Waals surface area contributed by atoms with Gasteiger partial charge in [-0.05, 0) is 35.2 Å². The van der Waals surface area contributed by atoms with Crippen molar-refractivity contribution in [3.05, 3.63) is 63.7 Å². The summed E-state index contributed by atoms with van der Waals surface area (Å²) in [6.45, 7) is 4.01. The van der Waals surface area contributed by atoms with Crippen LogP contribution in [0.1, 0.15) is 15.2 Å². The molecule has 27 heavy (non-hydrogen) atoms. The van der Waals surface area contributed by atoms with Crippen LogP contribution in [0.2, 0.25) is 0 Å². The number of amides is 1. The number of rotatable bonds is 6. The van der Waals surface area contributed by atoms with Crippen LogP contribution in [0.5, 0.6) is 11.5 Å². The first-order chi connectivity index (χ1) is 13.0. The number of esters is 1. The van der Waals surface area contributed by atoms with E-state index in [9.17, 15) is 9.59 Å². The van der Waals surface area contributed by atoms with Crippen LogP contribution in [0, 0.1) is 0 Å². The smallest absolute Gasteiger partial charge is 0.353 e. The lowest BCUT2D eigenvalue weighted by molar-refractivity contribution is -0.121. The van der Waals surface area contributed by atoms with Crippen LogP contribution < -0.4 is 9.47 Å². The molecule has 8 heteroatoms. The quantitative estimate of drug-likeness (QED) is 0.229. The first kappa shape index (κ1) is 19.3. The van der Waals surface area contributed by atoms with Crippen molar-refractivity contribution >= 4 is 57.6 Å². The summed E-state index contributed by atoms with van der Waals surface area (Å²) in [5.41, 5.74) is 0.738. The Balaban J connectivity index is 1.82. The van der Waals surface area contributed by atoms with Crippen LogP contribution in [-0.4, -0.2) is 34.8 Å². The van der Waals surface area contributed by atoms with Crippen molar-refractivity contribution in [1.82, 2.24) is 4.90 Å². The highest BCUT2D eigenvalue weighted by Gasteiger charge is 2.31. The molecule has 0 bridgehead atoms. The van der Waals surface area contributed by atoms with E-state index in [4.69, 9.17) is 21.7 Å². The summed E-state index contributed by atoms with van der Waals surface area (Å²) >= 11 is 7.77. The van der Waals surface area contributed by atoms with Gasteiger partial charge < -0.3 is 9.47 Å². The Morgan fingerprint density at radius 3 is 2.81 bits per heavy atom. The van der Waals surface area contributed by atoms with Crippen LogP contribution in [-0.2, 0) is 4.79 Å². The van der Waals surface area contributed by atoms with Crippen LogP contribution in [0.3, 0.4) is 0 Å². The molecule has 1 aliphatic heterocycles. The second kappa shape index (κ2) is 8.51. The summed E-state index contributed by atoms with van der Waals surface area (Å²) < 4.78 is 11.2. The Labute approximate surface area is 170 Å². The number of hydrogen-bond acceptors (Lipinski definition) is 7. The molecular weight excluding hydrogens is 402 g/mol. The number of methoxy groups -OCH3 is 1. The van der Waals surface area contributed by atoms with Crippen molar-refractivity contribution in [2.45, 2.75) is 0 Å². The van der Waals surface area contributed by atoms with Gasteiger partial charge in [-0.15, -0.1) is 17.9 Å². The van der Waals surface area contributed by atoms with E-state index in [1.807, 2.05) is 0 Å². The van der Waals surface area contributed by atoms with E-state index in [0.717, 1.165) is 5.56 Å².